The van der Waals surface area contributed by atoms with Crippen LogP contribution in [0.3, 0.4) is 0 Å². The highest BCUT2D eigenvalue weighted by Gasteiger charge is 2.52. The molecule has 0 fully saturated rings. The lowest BCUT2D eigenvalue weighted by atomic mass is 9.64. The molecule has 1 aliphatic heterocycles. The van der Waals surface area contributed by atoms with Crippen LogP contribution in [0.2, 0.25) is 0 Å². The van der Waals surface area contributed by atoms with Crippen LogP contribution in [0.5, 0.6) is 0 Å². The highest BCUT2D eigenvalue weighted by atomic mass is 15.2. The van der Waals surface area contributed by atoms with Crippen LogP contribution in [0.25, 0.3) is 89.4 Å². The Kier molecular flexibility index (Phi) is 9.71. The van der Waals surface area contributed by atoms with Crippen LogP contribution in [0, 0.1) is 0 Å². The van der Waals surface area contributed by atoms with Crippen molar-refractivity contribution in [3.05, 3.63) is 289 Å². The second-order valence-corrected chi connectivity index (χ2v) is 18.7. The highest BCUT2D eigenvalue weighted by Crippen LogP contribution is 2.64. The third kappa shape index (κ3) is 6.72. The molecule has 0 amide bonds. The number of nitrogens with zero attached hydrogens (tertiary/aromatic N) is 4. The Hall–Kier alpha value is -9.51. The normalized spacial score (nSPS) is 12.8. The zero-order valence-electron chi connectivity index (χ0n) is 39.2. The maximum atomic E-state index is 5.07. The van der Waals surface area contributed by atoms with Gasteiger partial charge in [-0.15, -0.1) is 0 Å². The summed E-state index contributed by atoms with van der Waals surface area (Å²) in [5, 5.41) is 2.48. The van der Waals surface area contributed by atoms with E-state index in [-0.39, 0.29) is 0 Å². The van der Waals surface area contributed by atoms with Crippen molar-refractivity contribution in [2.45, 2.75) is 5.41 Å². The van der Waals surface area contributed by atoms with E-state index in [1.165, 1.54) is 66.7 Å². The van der Waals surface area contributed by atoms with Crippen molar-refractivity contribution in [1.29, 1.82) is 0 Å². The molecule has 336 valence electrons. The van der Waals surface area contributed by atoms with Crippen LogP contribution in [-0.4, -0.2) is 15.0 Å². The van der Waals surface area contributed by atoms with Gasteiger partial charge in [0.05, 0.1) is 16.8 Å². The Balaban J connectivity index is 0.852. The lowest BCUT2D eigenvalue weighted by Crippen LogP contribution is -2.36. The lowest BCUT2D eigenvalue weighted by Gasteiger charge is -2.45. The molecule has 14 rings (SSSR count). The summed E-state index contributed by atoms with van der Waals surface area (Å²) in [6, 6.07) is 96.2. The molecule has 1 aliphatic carbocycles. The molecule has 72 heavy (non-hydrogen) atoms. The maximum Gasteiger partial charge on any atom is 0.164 e. The second kappa shape index (κ2) is 16.9. The fourth-order valence-electron chi connectivity index (χ4n) is 11.4. The van der Waals surface area contributed by atoms with Gasteiger partial charge in [-0.3, -0.25) is 0 Å². The minimum Gasteiger partial charge on any atom is -0.310 e. The van der Waals surface area contributed by atoms with Gasteiger partial charge in [0.2, 0.25) is 0 Å². The zero-order valence-corrected chi connectivity index (χ0v) is 39.2. The highest BCUT2D eigenvalue weighted by molar-refractivity contribution is 6.01. The number of fused-ring (bicyclic) bond motifs is 10. The van der Waals surface area contributed by atoms with Gasteiger partial charge < -0.3 is 4.90 Å². The molecule has 0 saturated heterocycles. The smallest absolute Gasteiger partial charge is 0.164 e. The fourth-order valence-corrected chi connectivity index (χ4v) is 11.4. The molecular formula is C68H44N4. The van der Waals surface area contributed by atoms with Crippen LogP contribution in [-0.2, 0) is 5.41 Å². The molecule has 1 spiro atoms. The van der Waals surface area contributed by atoms with E-state index in [9.17, 15) is 0 Å². The average Bonchev–Trinajstić information content (AvgIpc) is 3.74. The van der Waals surface area contributed by atoms with Gasteiger partial charge in [0.25, 0.3) is 0 Å². The maximum absolute atomic E-state index is 5.07. The molecule has 0 saturated carbocycles. The largest absolute Gasteiger partial charge is 0.310 e. The van der Waals surface area contributed by atoms with Gasteiger partial charge in [-0.2, -0.15) is 0 Å². The summed E-state index contributed by atoms with van der Waals surface area (Å²) in [6.45, 7) is 0. The molecule has 2 heterocycles. The van der Waals surface area contributed by atoms with Gasteiger partial charge in [0.1, 0.15) is 0 Å². The molecule has 1 aromatic heterocycles. The molecule has 12 aromatic rings. The Labute approximate surface area is 418 Å². The lowest BCUT2D eigenvalue weighted by molar-refractivity contribution is 0.753. The van der Waals surface area contributed by atoms with E-state index in [1.54, 1.807) is 0 Å². The molecule has 0 bridgehead atoms. The zero-order chi connectivity index (χ0) is 47.6. The van der Waals surface area contributed by atoms with E-state index in [1.807, 2.05) is 36.4 Å². The SMILES string of the molecule is c1ccc(-c2ccc(-c3nc(-c4ccccc4)nc(-c4ccc(-c5cccc(-c6ccc7c(c6)-c6cc8ccccc8cc6C76c7ccccc7N(c7ccccc7)c7ccccc76)c5)cc4)n3)cc2)cc1. The first-order valence-electron chi connectivity index (χ1n) is 24.6. The average molecular weight is 917 g/mol. The van der Waals surface area contributed by atoms with E-state index >= 15 is 0 Å². The minimum atomic E-state index is -0.538. The Bertz CT molecular complexity index is 3970. The molecule has 0 N–H and O–H groups in total. The molecule has 11 aromatic carbocycles. The third-order valence-corrected chi connectivity index (χ3v) is 14.7. The van der Waals surface area contributed by atoms with Crippen LogP contribution in [0.4, 0.5) is 17.1 Å². The van der Waals surface area contributed by atoms with E-state index in [2.05, 4.69) is 235 Å². The topological polar surface area (TPSA) is 41.9 Å². The van der Waals surface area contributed by atoms with Gasteiger partial charge >= 0.3 is 0 Å². The van der Waals surface area contributed by atoms with E-state index in [0.29, 0.717) is 17.5 Å². The summed E-state index contributed by atoms with van der Waals surface area (Å²) in [6.07, 6.45) is 0. The van der Waals surface area contributed by atoms with Crippen LogP contribution >= 0.6 is 0 Å². The first-order chi connectivity index (χ1) is 35.7. The number of aromatic nitrogens is 3. The summed E-state index contributed by atoms with van der Waals surface area (Å²) in [5.41, 5.74) is 20.4. The Morgan fingerprint density at radius 2 is 0.639 bits per heavy atom. The minimum absolute atomic E-state index is 0.538. The first-order valence-corrected chi connectivity index (χ1v) is 24.6. The van der Waals surface area contributed by atoms with Gasteiger partial charge in [-0.1, -0.05) is 218 Å². The van der Waals surface area contributed by atoms with E-state index in [0.717, 1.165) is 44.6 Å². The summed E-state index contributed by atoms with van der Waals surface area (Å²) >= 11 is 0. The van der Waals surface area contributed by atoms with Crippen LogP contribution < -0.4 is 4.90 Å². The standard InChI is InChI=1S/C68H44N4/c1-4-17-45(18-5-1)46-31-35-49(36-32-46)66-69-65(48-19-6-2-7-20-48)70-67(71-66)50-37-33-47(34-38-50)51-23-16-24-52(41-51)55-39-40-59-57(43-55)58-42-53-21-10-11-22-54(53)44-62(58)68(59)60-27-12-14-29-63(60)72(56-25-8-3-9-26-56)64-30-15-13-28-61(64)68/h1-44H. The molecule has 0 unspecified atom stereocenters. The first kappa shape index (κ1) is 41.5. The number of anilines is 3. The van der Waals surface area contributed by atoms with Crippen LogP contribution in [0.1, 0.15) is 22.3 Å². The number of hydrogen-bond donors (Lipinski definition) is 0. The number of hydrogen-bond acceptors (Lipinski definition) is 4. The van der Waals surface area contributed by atoms with Gasteiger partial charge in [-0.05, 0) is 126 Å². The summed E-state index contributed by atoms with van der Waals surface area (Å²) in [7, 11) is 0. The molecule has 0 radical (unpaired) electrons. The number of rotatable bonds is 7. The van der Waals surface area contributed by atoms with Gasteiger partial charge in [-0.25, -0.2) is 15.0 Å². The van der Waals surface area contributed by atoms with Crippen molar-refractivity contribution in [3.63, 3.8) is 0 Å². The van der Waals surface area contributed by atoms with Crippen molar-refractivity contribution in [1.82, 2.24) is 15.0 Å². The van der Waals surface area contributed by atoms with Gasteiger partial charge in [0.15, 0.2) is 17.5 Å². The molecule has 0 atom stereocenters. The van der Waals surface area contributed by atoms with E-state index < -0.39 is 5.41 Å². The Morgan fingerprint density at radius 3 is 1.24 bits per heavy atom. The van der Waals surface area contributed by atoms with Crippen molar-refractivity contribution < 1.29 is 0 Å². The molecule has 4 heteroatoms. The van der Waals surface area contributed by atoms with Crippen molar-refractivity contribution >= 4 is 27.8 Å². The summed E-state index contributed by atoms with van der Waals surface area (Å²) < 4.78 is 0. The van der Waals surface area contributed by atoms with Crippen molar-refractivity contribution in [3.8, 4) is 78.7 Å². The predicted molar refractivity (Wildman–Crippen MR) is 295 cm³/mol. The molecule has 2 aliphatic rings. The third-order valence-electron chi connectivity index (χ3n) is 14.7. The molecular weight excluding hydrogens is 873 g/mol. The summed E-state index contributed by atoms with van der Waals surface area (Å²) in [4.78, 5) is 17.5. The van der Waals surface area contributed by atoms with Crippen molar-refractivity contribution in [2.75, 3.05) is 4.90 Å². The second-order valence-electron chi connectivity index (χ2n) is 18.7. The predicted octanol–water partition coefficient (Wildman–Crippen LogP) is 17.2. The summed E-state index contributed by atoms with van der Waals surface area (Å²) in [5.74, 6) is 1.91. The van der Waals surface area contributed by atoms with E-state index in [4.69, 9.17) is 15.0 Å². The Morgan fingerprint density at radius 1 is 0.250 bits per heavy atom. The van der Waals surface area contributed by atoms with Crippen LogP contribution in [0.15, 0.2) is 267 Å². The fraction of sp³-hybridized carbons (Fsp3) is 0.0147. The monoisotopic (exact) mass is 916 g/mol. The molecule has 4 nitrogen and oxygen atoms in total. The number of para-hydroxylation sites is 3. The number of benzene rings is 11. The van der Waals surface area contributed by atoms with Gasteiger partial charge in [0, 0.05) is 22.4 Å². The van der Waals surface area contributed by atoms with Crippen molar-refractivity contribution in [2.24, 2.45) is 0 Å². The quantitative estimate of drug-likeness (QED) is 0.160.